The summed E-state index contributed by atoms with van der Waals surface area (Å²) in [7, 11) is 1.65. The molecular weight excluding hydrogens is 226 g/mol. The lowest BCUT2D eigenvalue weighted by Gasteiger charge is -2.11. The van der Waals surface area contributed by atoms with E-state index in [0.717, 1.165) is 22.9 Å². The van der Waals surface area contributed by atoms with Crippen molar-refractivity contribution >= 4 is 16.7 Å². The van der Waals surface area contributed by atoms with E-state index in [4.69, 9.17) is 4.74 Å². The molecule has 3 heteroatoms. The van der Waals surface area contributed by atoms with E-state index in [0.29, 0.717) is 6.61 Å². The first-order valence-corrected chi connectivity index (χ1v) is 6.11. The number of para-hydroxylation sites is 1. The molecule has 0 aliphatic carbocycles. The molecule has 0 fully saturated rings. The summed E-state index contributed by atoms with van der Waals surface area (Å²) in [5.41, 5.74) is 1.62. The summed E-state index contributed by atoms with van der Waals surface area (Å²) < 4.78 is 5.02. The molecule has 0 aliphatic heterocycles. The van der Waals surface area contributed by atoms with Gasteiger partial charge in [0.05, 0.1) is 5.52 Å². The molecule has 0 aliphatic rings. The largest absolute Gasteiger partial charge is 0.385 e. The highest BCUT2D eigenvalue weighted by Crippen LogP contribution is 2.20. The van der Waals surface area contributed by atoms with Crippen LogP contribution in [0.3, 0.4) is 0 Å². The van der Waals surface area contributed by atoms with Crippen LogP contribution in [0.1, 0.15) is 23.7 Å². The van der Waals surface area contributed by atoms with Gasteiger partial charge in [0, 0.05) is 36.8 Å². The molecular formula is C15H17NO2. The van der Waals surface area contributed by atoms with Gasteiger partial charge < -0.3 is 4.74 Å². The van der Waals surface area contributed by atoms with Gasteiger partial charge in [-0.25, -0.2) is 0 Å². The van der Waals surface area contributed by atoms with Gasteiger partial charge in [0.15, 0.2) is 5.78 Å². The number of ether oxygens (including phenoxy) is 1. The van der Waals surface area contributed by atoms with Crippen molar-refractivity contribution in [3.8, 4) is 0 Å². The highest BCUT2D eigenvalue weighted by Gasteiger charge is 2.17. The highest BCUT2D eigenvalue weighted by atomic mass is 16.5. The van der Waals surface area contributed by atoms with Crippen LogP contribution in [0.2, 0.25) is 0 Å². The highest BCUT2D eigenvalue weighted by molar-refractivity contribution is 6.08. The number of Topliss-reactive ketones (excluding diaryl/α,β-unsaturated/α-hetero) is 1. The number of carbonyl (C=O) groups is 1. The van der Waals surface area contributed by atoms with Gasteiger partial charge in [-0.05, 0) is 18.6 Å². The Morgan fingerprint density at radius 1 is 1.33 bits per heavy atom. The van der Waals surface area contributed by atoms with E-state index in [-0.39, 0.29) is 11.7 Å². The molecule has 0 amide bonds. The van der Waals surface area contributed by atoms with Gasteiger partial charge in [0.25, 0.3) is 0 Å². The molecule has 3 nitrogen and oxygen atoms in total. The molecule has 0 bridgehead atoms. The Hall–Kier alpha value is -1.74. The lowest BCUT2D eigenvalue weighted by Crippen LogP contribution is -2.14. The molecule has 94 valence electrons. The summed E-state index contributed by atoms with van der Waals surface area (Å²) in [5, 5.41) is 0.925. The van der Waals surface area contributed by atoms with Gasteiger partial charge >= 0.3 is 0 Å². The zero-order valence-corrected chi connectivity index (χ0v) is 10.7. The summed E-state index contributed by atoms with van der Waals surface area (Å²) >= 11 is 0. The minimum Gasteiger partial charge on any atom is -0.385 e. The number of carbonyl (C=O) groups excluding carboxylic acids is 1. The van der Waals surface area contributed by atoms with E-state index < -0.39 is 0 Å². The van der Waals surface area contributed by atoms with E-state index in [1.165, 1.54) is 0 Å². The zero-order chi connectivity index (χ0) is 13.0. The third-order valence-electron chi connectivity index (χ3n) is 3.12. The summed E-state index contributed by atoms with van der Waals surface area (Å²) in [6.45, 7) is 2.55. The van der Waals surface area contributed by atoms with Crippen LogP contribution < -0.4 is 0 Å². The van der Waals surface area contributed by atoms with Crippen molar-refractivity contribution in [1.82, 2.24) is 4.98 Å². The Morgan fingerprint density at radius 2 is 2.11 bits per heavy atom. The van der Waals surface area contributed by atoms with E-state index in [2.05, 4.69) is 4.98 Å². The lowest BCUT2D eigenvalue weighted by atomic mass is 9.94. The van der Waals surface area contributed by atoms with Crippen molar-refractivity contribution in [2.24, 2.45) is 5.92 Å². The number of ketones is 1. The summed E-state index contributed by atoms with van der Waals surface area (Å²) in [5.74, 6) is 0.126. The number of hydrogen-bond acceptors (Lipinski definition) is 3. The number of aromatic nitrogens is 1. The van der Waals surface area contributed by atoms with Crippen molar-refractivity contribution < 1.29 is 9.53 Å². The van der Waals surface area contributed by atoms with Gasteiger partial charge in [-0.15, -0.1) is 0 Å². The Morgan fingerprint density at radius 3 is 2.89 bits per heavy atom. The SMILES string of the molecule is COCCC(C)C(=O)c1ccnc2ccccc12. The van der Waals surface area contributed by atoms with Crippen LogP contribution in [0.4, 0.5) is 0 Å². The Bertz CT molecular complexity index is 546. The molecule has 1 unspecified atom stereocenters. The molecule has 2 aromatic rings. The first-order valence-electron chi connectivity index (χ1n) is 6.11. The average molecular weight is 243 g/mol. The van der Waals surface area contributed by atoms with Crippen LogP contribution in [0.5, 0.6) is 0 Å². The van der Waals surface area contributed by atoms with Crippen molar-refractivity contribution in [2.75, 3.05) is 13.7 Å². The summed E-state index contributed by atoms with van der Waals surface area (Å²) in [4.78, 5) is 16.7. The molecule has 1 atom stereocenters. The number of pyridine rings is 1. The molecule has 1 heterocycles. The predicted octanol–water partition coefficient (Wildman–Crippen LogP) is 3.09. The number of benzene rings is 1. The molecule has 18 heavy (non-hydrogen) atoms. The Balaban J connectivity index is 2.33. The maximum atomic E-state index is 12.4. The van der Waals surface area contributed by atoms with E-state index in [1.807, 2.05) is 31.2 Å². The van der Waals surface area contributed by atoms with Crippen LogP contribution in [-0.4, -0.2) is 24.5 Å². The topological polar surface area (TPSA) is 39.2 Å². The quantitative estimate of drug-likeness (QED) is 0.757. The van der Waals surface area contributed by atoms with Crippen LogP contribution >= 0.6 is 0 Å². The van der Waals surface area contributed by atoms with Crippen molar-refractivity contribution in [2.45, 2.75) is 13.3 Å². The molecule has 0 saturated heterocycles. The second kappa shape index (κ2) is 5.74. The van der Waals surface area contributed by atoms with Gasteiger partial charge in [0.2, 0.25) is 0 Å². The number of hydrogen-bond donors (Lipinski definition) is 0. The zero-order valence-electron chi connectivity index (χ0n) is 10.7. The number of rotatable bonds is 5. The van der Waals surface area contributed by atoms with Gasteiger partial charge in [-0.1, -0.05) is 25.1 Å². The van der Waals surface area contributed by atoms with Crippen molar-refractivity contribution in [3.05, 3.63) is 42.1 Å². The second-order valence-corrected chi connectivity index (χ2v) is 4.42. The minimum atomic E-state index is -0.0317. The van der Waals surface area contributed by atoms with E-state index in [9.17, 15) is 4.79 Å². The van der Waals surface area contributed by atoms with Crippen LogP contribution in [0.25, 0.3) is 10.9 Å². The number of fused-ring (bicyclic) bond motifs is 1. The summed E-state index contributed by atoms with van der Waals surface area (Å²) in [6, 6.07) is 9.52. The smallest absolute Gasteiger partial charge is 0.166 e. The van der Waals surface area contributed by atoms with Gasteiger partial charge in [0.1, 0.15) is 0 Å². The van der Waals surface area contributed by atoms with Crippen LogP contribution in [-0.2, 0) is 4.74 Å². The molecule has 1 aromatic carbocycles. The standard InChI is InChI=1S/C15H17NO2/c1-11(8-10-18-2)15(17)13-7-9-16-14-6-4-3-5-12(13)14/h3-7,9,11H,8,10H2,1-2H3. The minimum absolute atomic E-state index is 0.0317. The first-order chi connectivity index (χ1) is 8.74. The van der Waals surface area contributed by atoms with Crippen molar-refractivity contribution in [3.63, 3.8) is 0 Å². The van der Waals surface area contributed by atoms with E-state index >= 15 is 0 Å². The molecule has 1 aromatic heterocycles. The average Bonchev–Trinajstić information content (AvgIpc) is 2.43. The van der Waals surface area contributed by atoms with Gasteiger partial charge in [-0.3, -0.25) is 9.78 Å². The normalized spacial score (nSPS) is 12.6. The predicted molar refractivity (Wildman–Crippen MR) is 71.7 cm³/mol. The third-order valence-corrected chi connectivity index (χ3v) is 3.12. The monoisotopic (exact) mass is 243 g/mol. The Kier molecular flexibility index (Phi) is 4.05. The van der Waals surface area contributed by atoms with Crippen LogP contribution in [0, 0.1) is 5.92 Å². The fourth-order valence-electron chi connectivity index (χ4n) is 2.00. The molecule has 2 rings (SSSR count). The molecule has 0 saturated carbocycles. The first kappa shape index (κ1) is 12.7. The molecule has 0 spiro atoms. The molecule has 0 N–H and O–H groups in total. The number of nitrogens with zero attached hydrogens (tertiary/aromatic N) is 1. The van der Waals surface area contributed by atoms with E-state index in [1.54, 1.807) is 19.4 Å². The van der Waals surface area contributed by atoms with Crippen molar-refractivity contribution in [1.29, 1.82) is 0 Å². The second-order valence-electron chi connectivity index (χ2n) is 4.42. The fourth-order valence-corrected chi connectivity index (χ4v) is 2.00. The number of methoxy groups -OCH3 is 1. The fraction of sp³-hybridized carbons (Fsp3) is 0.333. The molecule has 0 radical (unpaired) electrons. The maximum Gasteiger partial charge on any atom is 0.166 e. The Labute approximate surface area is 107 Å². The lowest BCUT2D eigenvalue weighted by molar-refractivity contribution is 0.0895. The van der Waals surface area contributed by atoms with Gasteiger partial charge in [-0.2, -0.15) is 0 Å². The van der Waals surface area contributed by atoms with Crippen LogP contribution in [0.15, 0.2) is 36.5 Å². The maximum absolute atomic E-state index is 12.4. The summed E-state index contributed by atoms with van der Waals surface area (Å²) in [6.07, 6.45) is 2.44. The third kappa shape index (κ3) is 2.57.